The number of hydrogen-bond donors (Lipinski definition) is 0. The zero-order valence-electron chi connectivity index (χ0n) is 11.4. The van der Waals surface area contributed by atoms with E-state index in [-0.39, 0.29) is 5.92 Å². The number of Topliss-reactive ketones (excluding diaryl/α,β-unsaturated/α-hetero) is 1. The van der Waals surface area contributed by atoms with Gasteiger partial charge in [-0.15, -0.1) is 0 Å². The largest absolute Gasteiger partial charge is 0.299 e. The van der Waals surface area contributed by atoms with Crippen molar-refractivity contribution in [2.24, 2.45) is 11.8 Å². The Hall–Kier alpha value is -1.63. The zero-order valence-corrected chi connectivity index (χ0v) is 11.4. The van der Waals surface area contributed by atoms with Crippen molar-refractivity contribution in [3.63, 3.8) is 0 Å². The summed E-state index contributed by atoms with van der Waals surface area (Å²) in [4.78, 5) is 12.1. The second-order valence-electron chi connectivity index (χ2n) is 5.89. The summed E-state index contributed by atoms with van der Waals surface area (Å²) in [6, 6.07) is 14.9. The first kappa shape index (κ1) is 12.4. The van der Waals surface area contributed by atoms with Crippen molar-refractivity contribution in [3.05, 3.63) is 48.0 Å². The Bertz CT molecular complexity index is 594. The van der Waals surface area contributed by atoms with Crippen molar-refractivity contribution in [3.8, 4) is 0 Å². The van der Waals surface area contributed by atoms with Gasteiger partial charge in [0.2, 0.25) is 0 Å². The van der Waals surface area contributed by atoms with Gasteiger partial charge in [0.25, 0.3) is 0 Å². The summed E-state index contributed by atoms with van der Waals surface area (Å²) in [6.07, 6.45) is 3.81. The van der Waals surface area contributed by atoms with Crippen LogP contribution in [0.2, 0.25) is 0 Å². The van der Waals surface area contributed by atoms with E-state index in [1.165, 1.54) is 16.3 Å². The molecule has 0 bridgehead atoms. The highest BCUT2D eigenvalue weighted by molar-refractivity contribution is 5.87. The van der Waals surface area contributed by atoms with Gasteiger partial charge in [-0.05, 0) is 41.5 Å². The lowest BCUT2D eigenvalue weighted by atomic mass is 9.78. The average molecular weight is 252 g/mol. The molecule has 0 radical (unpaired) electrons. The molecule has 1 fully saturated rings. The molecule has 2 aromatic rings. The van der Waals surface area contributed by atoms with Crippen LogP contribution in [0.5, 0.6) is 0 Å². The molecule has 0 amide bonds. The lowest BCUT2D eigenvalue weighted by molar-refractivity contribution is -0.125. The Balaban J connectivity index is 1.90. The second-order valence-corrected chi connectivity index (χ2v) is 5.89. The van der Waals surface area contributed by atoms with Crippen LogP contribution in [0.1, 0.15) is 31.7 Å². The number of benzene rings is 2. The molecule has 0 saturated heterocycles. The smallest absolute Gasteiger partial charge is 0.136 e. The van der Waals surface area contributed by atoms with Crippen molar-refractivity contribution in [2.75, 3.05) is 0 Å². The van der Waals surface area contributed by atoms with E-state index >= 15 is 0 Å². The molecule has 1 aliphatic carbocycles. The molecule has 2 unspecified atom stereocenters. The summed E-state index contributed by atoms with van der Waals surface area (Å²) in [5.41, 5.74) is 1.32. The molecule has 2 atom stereocenters. The summed E-state index contributed by atoms with van der Waals surface area (Å²) in [5, 5.41) is 2.58. The third kappa shape index (κ3) is 2.56. The van der Waals surface area contributed by atoms with Gasteiger partial charge in [0, 0.05) is 12.3 Å². The normalized spacial score (nSPS) is 23.7. The minimum absolute atomic E-state index is 0.231. The number of carbonyl (C=O) groups is 1. The zero-order chi connectivity index (χ0) is 13.2. The lowest BCUT2D eigenvalue weighted by Crippen LogP contribution is -2.25. The molecule has 0 spiro atoms. The van der Waals surface area contributed by atoms with Crippen molar-refractivity contribution >= 4 is 16.6 Å². The van der Waals surface area contributed by atoms with Gasteiger partial charge in [0.05, 0.1) is 0 Å². The van der Waals surface area contributed by atoms with Gasteiger partial charge < -0.3 is 0 Å². The van der Waals surface area contributed by atoms with Crippen LogP contribution in [0.25, 0.3) is 10.8 Å². The van der Waals surface area contributed by atoms with Crippen molar-refractivity contribution in [1.82, 2.24) is 0 Å². The number of fused-ring (bicyclic) bond motifs is 1. The highest BCUT2D eigenvalue weighted by Gasteiger charge is 2.26. The fraction of sp³-hybridized carbons (Fsp3) is 0.389. The fourth-order valence-electron chi connectivity index (χ4n) is 3.26. The van der Waals surface area contributed by atoms with Gasteiger partial charge in [-0.25, -0.2) is 0 Å². The highest BCUT2D eigenvalue weighted by atomic mass is 16.1. The first-order valence-electron chi connectivity index (χ1n) is 7.23. The van der Waals surface area contributed by atoms with Gasteiger partial charge in [0.1, 0.15) is 5.78 Å². The Morgan fingerprint density at radius 2 is 1.89 bits per heavy atom. The first-order chi connectivity index (χ1) is 9.24. The van der Waals surface area contributed by atoms with Crippen LogP contribution in [0, 0.1) is 11.8 Å². The summed E-state index contributed by atoms with van der Waals surface area (Å²) < 4.78 is 0. The predicted octanol–water partition coefficient (Wildman–Crippen LogP) is 4.39. The Morgan fingerprint density at radius 1 is 1.11 bits per heavy atom. The summed E-state index contributed by atoms with van der Waals surface area (Å²) in [6.45, 7) is 2.27. The topological polar surface area (TPSA) is 17.1 Å². The maximum Gasteiger partial charge on any atom is 0.136 e. The molecule has 0 heterocycles. The third-order valence-corrected chi connectivity index (χ3v) is 4.37. The second kappa shape index (κ2) is 5.16. The molecule has 0 aromatic heterocycles. The van der Waals surface area contributed by atoms with E-state index in [0.29, 0.717) is 11.7 Å². The van der Waals surface area contributed by atoms with Crippen LogP contribution >= 0.6 is 0 Å². The standard InChI is InChI=1S/C18H20O/c1-13-9-10-18(19)16(11-13)12-15-7-4-6-14-5-2-3-8-17(14)15/h2-8,13,16H,9-12H2,1H3. The minimum Gasteiger partial charge on any atom is -0.299 e. The Labute approximate surface area is 114 Å². The molecule has 19 heavy (non-hydrogen) atoms. The van der Waals surface area contributed by atoms with E-state index in [9.17, 15) is 4.79 Å². The SMILES string of the molecule is CC1CCC(=O)C(Cc2cccc3ccccc23)C1. The third-order valence-electron chi connectivity index (χ3n) is 4.37. The van der Waals surface area contributed by atoms with Crippen LogP contribution in [0.15, 0.2) is 42.5 Å². The number of rotatable bonds is 2. The molecular formula is C18H20O. The lowest BCUT2D eigenvalue weighted by Gasteiger charge is -2.26. The minimum atomic E-state index is 0.231. The molecule has 1 heteroatoms. The van der Waals surface area contributed by atoms with Crippen molar-refractivity contribution in [1.29, 1.82) is 0 Å². The van der Waals surface area contributed by atoms with E-state index in [1.54, 1.807) is 0 Å². The van der Waals surface area contributed by atoms with E-state index in [1.807, 2.05) is 0 Å². The summed E-state index contributed by atoms with van der Waals surface area (Å²) >= 11 is 0. The molecule has 1 saturated carbocycles. The fourth-order valence-corrected chi connectivity index (χ4v) is 3.26. The molecule has 0 aliphatic heterocycles. The van der Waals surface area contributed by atoms with E-state index in [2.05, 4.69) is 49.4 Å². The van der Waals surface area contributed by atoms with Crippen LogP contribution in [0.3, 0.4) is 0 Å². The molecule has 1 aliphatic rings. The monoisotopic (exact) mass is 252 g/mol. The van der Waals surface area contributed by atoms with Crippen LogP contribution < -0.4 is 0 Å². The van der Waals surface area contributed by atoms with E-state index in [0.717, 1.165) is 25.7 Å². The predicted molar refractivity (Wildman–Crippen MR) is 79.2 cm³/mol. The Morgan fingerprint density at radius 3 is 2.79 bits per heavy atom. The van der Waals surface area contributed by atoms with Gasteiger partial charge in [-0.1, -0.05) is 49.4 Å². The van der Waals surface area contributed by atoms with Crippen LogP contribution in [0.4, 0.5) is 0 Å². The summed E-state index contributed by atoms with van der Waals surface area (Å²) in [5.74, 6) is 1.39. The highest BCUT2D eigenvalue weighted by Crippen LogP contribution is 2.30. The van der Waals surface area contributed by atoms with Crippen molar-refractivity contribution < 1.29 is 4.79 Å². The van der Waals surface area contributed by atoms with Crippen molar-refractivity contribution in [2.45, 2.75) is 32.6 Å². The maximum atomic E-state index is 12.1. The molecule has 1 nitrogen and oxygen atoms in total. The Kier molecular flexibility index (Phi) is 3.37. The molecule has 2 aromatic carbocycles. The van der Waals surface area contributed by atoms with Crippen LogP contribution in [-0.4, -0.2) is 5.78 Å². The van der Waals surface area contributed by atoms with Gasteiger partial charge >= 0.3 is 0 Å². The quantitative estimate of drug-likeness (QED) is 0.774. The summed E-state index contributed by atoms with van der Waals surface area (Å²) in [7, 11) is 0. The van der Waals surface area contributed by atoms with Gasteiger partial charge in [-0.3, -0.25) is 4.79 Å². The first-order valence-corrected chi connectivity index (χ1v) is 7.23. The average Bonchev–Trinajstić information content (AvgIpc) is 2.43. The number of ketones is 1. The van der Waals surface area contributed by atoms with Crippen LogP contribution in [-0.2, 0) is 11.2 Å². The van der Waals surface area contributed by atoms with E-state index in [4.69, 9.17) is 0 Å². The van der Waals surface area contributed by atoms with E-state index < -0.39 is 0 Å². The molecule has 0 N–H and O–H groups in total. The number of carbonyl (C=O) groups excluding carboxylic acids is 1. The van der Waals surface area contributed by atoms with Gasteiger partial charge in [0.15, 0.2) is 0 Å². The molecular weight excluding hydrogens is 232 g/mol. The number of hydrogen-bond acceptors (Lipinski definition) is 1. The molecule has 98 valence electrons. The van der Waals surface area contributed by atoms with Gasteiger partial charge in [-0.2, -0.15) is 0 Å². The maximum absolute atomic E-state index is 12.1. The molecule has 3 rings (SSSR count).